The molecular weight excluding hydrogens is 331 g/mol. The summed E-state index contributed by atoms with van der Waals surface area (Å²) in [5.41, 5.74) is -0.318. The number of nitrogens with zero attached hydrogens (tertiary/aromatic N) is 3. The molecule has 0 saturated carbocycles. The number of rotatable bonds is 6. The van der Waals surface area contributed by atoms with E-state index in [0.29, 0.717) is 12.1 Å². The molecule has 4 nitrogen and oxygen atoms in total. The van der Waals surface area contributed by atoms with Crippen LogP contribution in [0.4, 0.5) is 13.2 Å². The highest BCUT2D eigenvalue weighted by Gasteiger charge is 2.30. The van der Waals surface area contributed by atoms with E-state index in [1.165, 1.54) is 6.07 Å². The molecule has 0 atom stereocenters. The second-order valence-electron chi connectivity index (χ2n) is 6.69. The van der Waals surface area contributed by atoms with Crippen molar-refractivity contribution in [1.82, 2.24) is 14.7 Å². The van der Waals surface area contributed by atoms with Crippen molar-refractivity contribution in [2.24, 2.45) is 0 Å². The normalized spacial score (nSPS) is 16.8. The van der Waals surface area contributed by atoms with Crippen LogP contribution < -0.4 is 0 Å². The number of likely N-dealkylation sites (N-methyl/N-ethyl adjacent to an activating group) is 2. The van der Waals surface area contributed by atoms with Crippen LogP contribution in [0.5, 0.6) is 0 Å². The van der Waals surface area contributed by atoms with Crippen molar-refractivity contribution in [2.45, 2.75) is 19.0 Å². The summed E-state index contributed by atoms with van der Waals surface area (Å²) in [5, 5.41) is 0. The van der Waals surface area contributed by atoms with E-state index in [-0.39, 0.29) is 12.3 Å². The molecule has 0 N–H and O–H groups in total. The Morgan fingerprint density at radius 1 is 1.20 bits per heavy atom. The maximum absolute atomic E-state index is 12.7. The summed E-state index contributed by atoms with van der Waals surface area (Å²) in [5.74, 6) is -0.155. The summed E-state index contributed by atoms with van der Waals surface area (Å²) >= 11 is 0. The van der Waals surface area contributed by atoms with Gasteiger partial charge in [0.15, 0.2) is 0 Å². The summed E-state index contributed by atoms with van der Waals surface area (Å²) < 4.78 is 38.2. The molecule has 25 heavy (non-hydrogen) atoms. The largest absolute Gasteiger partial charge is 0.416 e. The molecule has 7 heteroatoms. The highest BCUT2D eigenvalue weighted by atomic mass is 19.4. The van der Waals surface area contributed by atoms with Gasteiger partial charge in [-0.3, -0.25) is 4.79 Å². The average molecular weight is 357 g/mol. The number of amides is 1. The van der Waals surface area contributed by atoms with Crippen molar-refractivity contribution in [3.8, 4) is 0 Å². The van der Waals surface area contributed by atoms with Crippen LogP contribution in [0.2, 0.25) is 0 Å². The fourth-order valence-electron chi connectivity index (χ4n) is 2.89. The Morgan fingerprint density at radius 2 is 1.88 bits per heavy atom. The zero-order chi connectivity index (χ0) is 18.4. The van der Waals surface area contributed by atoms with E-state index in [4.69, 9.17) is 0 Å². The maximum atomic E-state index is 12.7. The van der Waals surface area contributed by atoms with Gasteiger partial charge in [-0.25, -0.2) is 0 Å². The van der Waals surface area contributed by atoms with E-state index < -0.39 is 11.7 Å². The fraction of sp³-hybridized carbons (Fsp3) is 0.611. The van der Waals surface area contributed by atoms with Crippen LogP contribution in [0.3, 0.4) is 0 Å². The van der Waals surface area contributed by atoms with E-state index in [0.717, 1.165) is 51.3 Å². The standard InChI is InChI=1S/C18H26F3N3O/c1-22-9-11-24(12-10-22)8-4-7-23(2)17(25)14-15-5-3-6-16(13-15)18(19,20)21/h3,5-6,13H,4,7-12,14H2,1-2H3. The number of hydrogen-bond donors (Lipinski definition) is 0. The second-order valence-corrected chi connectivity index (χ2v) is 6.69. The smallest absolute Gasteiger partial charge is 0.345 e. The first-order chi connectivity index (χ1) is 11.8. The molecule has 0 bridgehead atoms. The lowest BCUT2D eigenvalue weighted by Gasteiger charge is -2.32. The first kappa shape index (κ1) is 19.7. The minimum atomic E-state index is -4.38. The number of carbonyl (C=O) groups is 1. The molecule has 1 aromatic carbocycles. The van der Waals surface area contributed by atoms with E-state index in [2.05, 4.69) is 16.8 Å². The molecule has 1 aliphatic heterocycles. The molecule has 2 rings (SSSR count). The second kappa shape index (κ2) is 8.67. The third-order valence-electron chi connectivity index (χ3n) is 4.60. The zero-order valence-corrected chi connectivity index (χ0v) is 14.9. The summed E-state index contributed by atoms with van der Waals surface area (Å²) in [6, 6.07) is 4.98. The number of piperazine rings is 1. The lowest BCUT2D eigenvalue weighted by Crippen LogP contribution is -2.45. The average Bonchev–Trinajstić information content (AvgIpc) is 2.56. The number of hydrogen-bond acceptors (Lipinski definition) is 3. The van der Waals surface area contributed by atoms with Crippen LogP contribution >= 0.6 is 0 Å². The van der Waals surface area contributed by atoms with Gasteiger partial charge in [-0.1, -0.05) is 18.2 Å². The van der Waals surface area contributed by atoms with Crippen molar-refractivity contribution < 1.29 is 18.0 Å². The number of halogens is 3. The van der Waals surface area contributed by atoms with E-state index in [1.807, 2.05) is 0 Å². The summed E-state index contributed by atoms with van der Waals surface area (Å²) in [4.78, 5) is 18.5. The molecule has 1 amide bonds. The summed E-state index contributed by atoms with van der Waals surface area (Å²) in [6.07, 6.45) is -3.52. The van der Waals surface area contributed by atoms with Gasteiger partial charge in [-0.2, -0.15) is 13.2 Å². The molecule has 0 spiro atoms. The molecule has 1 aliphatic rings. The molecule has 1 saturated heterocycles. The highest BCUT2D eigenvalue weighted by molar-refractivity contribution is 5.78. The lowest BCUT2D eigenvalue weighted by molar-refractivity contribution is -0.137. The molecule has 0 aliphatic carbocycles. The van der Waals surface area contributed by atoms with E-state index >= 15 is 0 Å². The van der Waals surface area contributed by atoms with Gasteiger partial charge in [0.1, 0.15) is 0 Å². The summed E-state index contributed by atoms with van der Waals surface area (Å²) in [6.45, 7) is 5.75. The van der Waals surface area contributed by atoms with Crippen molar-refractivity contribution in [3.63, 3.8) is 0 Å². The molecule has 140 valence electrons. The molecule has 1 heterocycles. The van der Waals surface area contributed by atoms with Gasteiger partial charge in [0, 0.05) is 39.8 Å². The molecule has 1 aromatic rings. The van der Waals surface area contributed by atoms with Crippen LogP contribution in [0.25, 0.3) is 0 Å². The van der Waals surface area contributed by atoms with Crippen molar-refractivity contribution >= 4 is 5.91 Å². The zero-order valence-electron chi connectivity index (χ0n) is 14.9. The molecule has 1 fully saturated rings. The Hall–Kier alpha value is -1.60. The predicted molar refractivity (Wildman–Crippen MR) is 91.3 cm³/mol. The summed E-state index contributed by atoms with van der Waals surface area (Å²) in [7, 11) is 3.82. The third kappa shape index (κ3) is 6.32. The quantitative estimate of drug-likeness (QED) is 0.782. The Balaban J connectivity index is 1.76. The van der Waals surface area contributed by atoms with Gasteiger partial charge < -0.3 is 14.7 Å². The number of carbonyl (C=O) groups excluding carboxylic acids is 1. The van der Waals surface area contributed by atoms with Gasteiger partial charge in [0.2, 0.25) is 5.91 Å². The third-order valence-corrected chi connectivity index (χ3v) is 4.60. The van der Waals surface area contributed by atoms with Crippen molar-refractivity contribution in [2.75, 3.05) is 53.4 Å². The van der Waals surface area contributed by atoms with Crippen LogP contribution in [-0.4, -0.2) is 74.0 Å². The minimum Gasteiger partial charge on any atom is -0.345 e. The van der Waals surface area contributed by atoms with E-state index in [1.54, 1.807) is 18.0 Å². The van der Waals surface area contributed by atoms with Gasteiger partial charge >= 0.3 is 6.18 Å². The van der Waals surface area contributed by atoms with Crippen molar-refractivity contribution in [3.05, 3.63) is 35.4 Å². The Bertz CT molecular complexity index is 569. The van der Waals surface area contributed by atoms with Crippen LogP contribution in [0.15, 0.2) is 24.3 Å². The monoisotopic (exact) mass is 357 g/mol. The molecule has 0 radical (unpaired) electrons. The van der Waals surface area contributed by atoms with Gasteiger partial charge in [-0.15, -0.1) is 0 Å². The van der Waals surface area contributed by atoms with Crippen LogP contribution in [0, 0.1) is 0 Å². The first-order valence-corrected chi connectivity index (χ1v) is 8.56. The molecular formula is C18H26F3N3O. The fourth-order valence-corrected chi connectivity index (χ4v) is 2.89. The van der Waals surface area contributed by atoms with Crippen LogP contribution in [0.1, 0.15) is 17.5 Å². The van der Waals surface area contributed by atoms with Crippen LogP contribution in [-0.2, 0) is 17.4 Å². The topological polar surface area (TPSA) is 26.8 Å². The first-order valence-electron chi connectivity index (χ1n) is 8.56. The highest BCUT2D eigenvalue weighted by Crippen LogP contribution is 2.29. The Morgan fingerprint density at radius 3 is 2.52 bits per heavy atom. The van der Waals surface area contributed by atoms with Gasteiger partial charge in [0.25, 0.3) is 0 Å². The lowest BCUT2D eigenvalue weighted by atomic mass is 10.1. The molecule has 0 aromatic heterocycles. The minimum absolute atomic E-state index is 0.00503. The van der Waals surface area contributed by atoms with Gasteiger partial charge in [-0.05, 0) is 31.6 Å². The predicted octanol–water partition coefficient (Wildman–Crippen LogP) is 2.34. The number of benzene rings is 1. The van der Waals surface area contributed by atoms with Crippen molar-refractivity contribution in [1.29, 1.82) is 0 Å². The SMILES string of the molecule is CN1CCN(CCCN(C)C(=O)Cc2cccc(C(F)(F)F)c2)CC1. The number of alkyl halides is 3. The Labute approximate surface area is 147 Å². The van der Waals surface area contributed by atoms with Gasteiger partial charge in [0.05, 0.1) is 12.0 Å². The maximum Gasteiger partial charge on any atom is 0.416 e. The molecule has 0 unspecified atom stereocenters. The Kier molecular flexibility index (Phi) is 6.84. The van der Waals surface area contributed by atoms with E-state index in [9.17, 15) is 18.0 Å².